The second-order valence-electron chi connectivity index (χ2n) is 5.93. The predicted octanol–water partition coefficient (Wildman–Crippen LogP) is 4.41. The molecule has 3 aromatic rings. The van der Waals surface area contributed by atoms with Crippen molar-refractivity contribution in [3.05, 3.63) is 65.4 Å². The molecule has 5 heteroatoms. The first-order valence-electron chi connectivity index (χ1n) is 8.28. The third kappa shape index (κ3) is 3.43. The molecule has 1 saturated heterocycles. The van der Waals surface area contributed by atoms with Crippen LogP contribution in [0.1, 0.15) is 29.3 Å². The molecule has 1 N–H and O–H groups in total. The van der Waals surface area contributed by atoms with Gasteiger partial charge in [-0.15, -0.1) is 11.3 Å². The SMILES string of the molecule is c1ccc([C@@H](NCc2cnc(-c3ccco3)s2)[C@@H]2CCCO2)cc1. The Labute approximate surface area is 145 Å². The molecule has 1 aromatic carbocycles. The summed E-state index contributed by atoms with van der Waals surface area (Å²) in [6.07, 6.45) is 6.08. The molecule has 2 aromatic heterocycles. The van der Waals surface area contributed by atoms with Crippen molar-refractivity contribution in [2.75, 3.05) is 6.61 Å². The highest BCUT2D eigenvalue weighted by atomic mass is 32.1. The Morgan fingerprint density at radius 1 is 1.21 bits per heavy atom. The molecule has 0 amide bonds. The average molecular weight is 340 g/mol. The van der Waals surface area contributed by atoms with Crippen LogP contribution in [0.4, 0.5) is 0 Å². The van der Waals surface area contributed by atoms with E-state index < -0.39 is 0 Å². The van der Waals surface area contributed by atoms with Crippen molar-refractivity contribution in [2.45, 2.75) is 31.5 Å². The van der Waals surface area contributed by atoms with E-state index in [0.717, 1.165) is 36.8 Å². The van der Waals surface area contributed by atoms with Crippen molar-refractivity contribution < 1.29 is 9.15 Å². The highest BCUT2D eigenvalue weighted by Crippen LogP contribution is 2.29. The number of benzene rings is 1. The van der Waals surface area contributed by atoms with Gasteiger partial charge in [0.05, 0.1) is 18.4 Å². The number of hydrogen-bond acceptors (Lipinski definition) is 5. The molecule has 1 fully saturated rings. The summed E-state index contributed by atoms with van der Waals surface area (Å²) in [5.74, 6) is 0.824. The zero-order chi connectivity index (χ0) is 16.2. The Bertz CT molecular complexity index is 749. The fourth-order valence-electron chi connectivity index (χ4n) is 3.10. The van der Waals surface area contributed by atoms with Gasteiger partial charge in [-0.2, -0.15) is 0 Å². The minimum Gasteiger partial charge on any atom is -0.462 e. The van der Waals surface area contributed by atoms with Crippen LogP contribution in [0.2, 0.25) is 0 Å². The Morgan fingerprint density at radius 2 is 2.12 bits per heavy atom. The zero-order valence-electron chi connectivity index (χ0n) is 13.4. The fraction of sp³-hybridized carbons (Fsp3) is 0.316. The van der Waals surface area contributed by atoms with Crippen molar-refractivity contribution in [1.29, 1.82) is 0 Å². The van der Waals surface area contributed by atoms with Gasteiger partial charge in [-0.3, -0.25) is 0 Å². The molecule has 4 rings (SSSR count). The minimum absolute atomic E-state index is 0.211. The number of hydrogen-bond donors (Lipinski definition) is 1. The van der Waals surface area contributed by atoms with E-state index in [4.69, 9.17) is 9.15 Å². The topological polar surface area (TPSA) is 47.3 Å². The number of rotatable bonds is 6. The standard InChI is InChI=1S/C19H20N2O2S/c1-2-6-14(7-3-1)18(16-8-4-10-22-16)20-12-15-13-21-19(24-15)17-9-5-11-23-17/h1-3,5-7,9,11,13,16,18,20H,4,8,10,12H2/t16-,18+/m0/s1. The van der Waals surface area contributed by atoms with E-state index in [0.29, 0.717) is 0 Å². The Kier molecular flexibility index (Phi) is 4.74. The van der Waals surface area contributed by atoms with Gasteiger partial charge in [0.15, 0.2) is 10.8 Å². The van der Waals surface area contributed by atoms with Crippen molar-refractivity contribution in [3.63, 3.8) is 0 Å². The number of nitrogens with zero attached hydrogens (tertiary/aromatic N) is 1. The predicted molar refractivity (Wildman–Crippen MR) is 94.8 cm³/mol. The molecule has 3 heterocycles. The molecule has 0 radical (unpaired) electrons. The van der Waals surface area contributed by atoms with Gasteiger partial charge in [-0.1, -0.05) is 30.3 Å². The summed E-state index contributed by atoms with van der Waals surface area (Å²) in [5, 5.41) is 4.59. The number of aromatic nitrogens is 1. The average Bonchev–Trinajstić information content (AvgIpc) is 3.38. The molecule has 1 aliphatic rings. The monoisotopic (exact) mass is 340 g/mol. The molecule has 0 bridgehead atoms. The first-order valence-corrected chi connectivity index (χ1v) is 9.10. The summed E-state index contributed by atoms with van der Waals surface area (Å²) in [5.41, 5.74) is 1.28. The van der Waals surface area contributed by atoms with Crippen LogP contribution < -0.4 is 5.32 Å². The molecule has 0 aliphatic carbocycles. The smallest absolute Gasteiger partial charge is 0.162 e. The van der Waals surface area contributed by atoms with E-state index >= 15 is 0 Å². The van der Waals surface area contributed by atoms with Gasteiger partial charge in [-0.05, 0) is 30.5 Å². The molecule has 1 aliphatic heterocycles. The highest BCUT2D eigenvalue weighted by molar-refractivity contribution is 7.14. The van der Waals surface area contributed by atoms with Crippen molar-refractivity contribution in [3.8, 4) is 10.8 Å². The second-order valence-corrected chi connectivity index (χ2v) is 7.04. The Hall–Kier alpha value is -1.95. The maximum atomic E-state index is 5.93. The zero-order valence-corrected chi connectivity index (χ0v) is 14.2. The largest absolute Gasteiger partial charge is 0.462 e. The van der Waals surface area contributed by atoms with Crippen LogP contribution in [0.3, 0.4) is 0 Å². The quantitative estimate of drug-likeness (QED) is 0.722. The summed E-state index contributed by atoms with van der Waals surface area (Å²) in [4.78, 5) is 5.66. The summed E-state index contributed by atoms with van der Waals surface area (Å²) in [7, 11) is 0. The molecule has 2 atom stereocenters. The van der Waals surface area contributed by atoms with Crippen LogP contribution >= 0.6 is 11.3 Å². The van der Waals surface area contributed by atoms with Gasteiger partial charge in [-0.25, -0.2) is 4.98 Å². The minimum atomic E-state index is 0.211. The van der Waals surface area contributed by atoms with Crippen molar-refractivity contribution in [2.24, 2.45) is 0 Å². The lowest BCUT2D eigenvalue weighted by molar-refractivity contribution is 0.0777. The van der Waals surface area contributed by atoms with Gasteiger partial charge >= 0.3 is 0 Å². The van der Waals surface area contributed by atoms with E-state index in [9.17, 15) is 0 Å². The first-order chi connectivity index (χ1) is 11.9. The lowest BCUT2D eigenvalue weighted by atomic mass is 9.99. The van der Waals surface area contributed by atoms with Crippen LogP contribution in [0, 0.1) is 0 Å². The van der Waals surface area contributed by atoms with Crippen LogP contribution in [-0.2, 0) is 11.3 Å². The van der Waals surface area contributed by atoms with Gasteiger partial charge in [0, 0.05) is 24.2 Å². The molecular weight excluding hydrogens is 320 g/mol. The van der Waals surface area contributed by atoms with Crippen molar-refractivity contribution >= 4 is 11.3 Å². The van der Waals surface area contributed by atoms with Gasteiger partial charge in [0.1, 0.15) is 0 Å². The van der Waals surface area contributed by atoms with E-state index in [1.165, 1.54) is 10.4 Å². The second kappa shape index (κ2) is 7.30. The van der Waals surface area contributed by atoms with Crippen LogP contribution in [0.25, 0.3) is 10.8 Å². The van der Waals surface area contributed by atoms with Gasteiger partial charge < -0.3 is 14.5 Å². The fourth-order valence-corrected chi connectivity index (χ4v) is 3.94. The van der Waals surface area contributed by atoms with Crippen LogP contribution in [0.5, 0.6) is 0 Å². The normalized spacial score (nSPS) is 18.8. The number of nitrogens with one attached hydrogen (secondary N) is 1. The summed E-state index contributed by atoms with van der Waals surface area (Å²) < 4.78 is 11.3. The maximum Gasteiger partial charge on any atom is 0.162 e. The molecule has 0 spiro atoms. The maximum absolute atomic E-state index is 5.93. The van der Waals surface area contributed by atoms with Gasteiger partial charge in [0.25, 0.3) is 0 Å². The van der Waals surface area contributed by atoms with E-state index in [1.807, 2.05) is 18.3 Å². The lowest BCUT2D eigenvalue weighted by Gasteiger charge is -2.24. The van der Waals surface area contributed by atoms with E-state index in [-0.39, 0.29) is 12.1 Å². The Morgan fingerprint density at radius 3 is 2.88 bits per heavy atom. The first kappa shape index (κ1) is 15.6. The summed E-state index contributed by atoms with van der Waals surface area (Å²) in [6.45, 7) is 1.64. The number of thiazole rings is 1. The highest BCUT2D eigenvalue weighted by Gasteiger charge is 2.27. The molecule has 0 saturated carbocycles. The van der Waals surface area contributed by atoms with E-state index in [1.54, 1.807) is 17.6 Å². The summed E-state index contributed by atoms with van der Waals surface area (Å²) >= 11 is 1.66. The van der Waals surface area contributed by atoms with Gasteiger partial charge in [0.2, 0.25) is 0 Å². The Balaban J connectivity index is 1.47. The number of furan rings is 1. The molecule has 124 valence electrons. The van der Waals surface area contributed by atoms with Crippen LogP contribution in [-0.4, -0.2) is 17.7 Å². The van der Waals surface area contributed by atoms with Crippen molar-refractivity contribution in [1.82, 2.24) is 10.3 Å². The third-order valence-corrected chi connectivity index (χ3v) is 5.29. The number of ether oxygens (including phenoxy) is 1. The molecule has 4 nitrogen and oxygen atoms in total. The van der Waals surface area contributed by atoms with E-state index in [2.05, 4.69) is 40.6 Å². The lowest BCUT2D eigenvalue weighted by Crippen LogP contribution is -2.31. The molecule has 24 heavy (non-hydrogen) atoms. The summed E-state index contributed by atoms with van der Waals surface area (Å²) in [6, 6.07) is 14.6. The van der Waals surface area contributed by atoms with Crippen LogP contribution in [0.15, 0.2) is 59.3 Å². The molecular formula is C19H20N2O2S. The third-order valence-electron chi connectivity index (χ3n) is 4.28. The molecule has 0 unspecified atom stereocenters.